The summed E-state index contributed by atoms with van der Waals surface area (Å²) in [6.07, 6.45) is 0.688. The summed E-state index contributed by atoms with van der Waals surface area (Å²) >= 11 is 0. The van der Waals surface area contributed by atoms with Gasteiger partial charge in [-0.05, 0) is 12.5 Å². The normalized spacial score (nSPS) is 12.6. The van der Waals surface area contributed by atoms with Gasteiger partial charge in [-0.1, -0.05) is 25.1 Å². The van der Waals surface area contributed by atoms with Crippen LogP contribution in [0, 0.1) is 0 Å². The molecule has 0 aliphatic carbocycles. The van der Waals surface area contributed by atoms with E-state index in [1.54, 1.807) is 4.68 Å². The summed E-state index contributed by atoms with van der Waals surface area (Å²) < 4.78 is 1.68. The number of carbonyl (C=O) groups excluding carboxylic acids is 1. The van der Waals surface area contributed by atoms with E-state index in [2.05, 4.69) is 10.4 Å². The molecule has 5 nitrogen and oxygen atoms in total. The van der Waals surface area contributed by atoms with Crippen molar-refractivity contribution in [3.8, 4) is 0 Å². The molecule has 0 fully saturated rings. The van der Waals surface area contributed by atoms with Crippen LogP contribution in [0.1, 0.15) is 23.8 Å². The Balaban J connectivity index is 2.33. The first-order valence-corrected chi connectivity index (χ1v) is 6.00. The summed E-state index contributed by atoms with van der Waals surface area (Å²) in [7, 11) is 1.81. The van der Waals surface area contributed by atoms with Gasteiger partial charge in [0.05, 0.1) is 18.2 Å². The molecule has 1 aromatic carbocycles. The lowest BCUT2D eigenvalue weighted by molar-refractivity contribution is 0.0911. The molecule has 0 aliphatic rings. The van der Waals surface area contributed by atoms with Crippen LogP contribution in [-0.4, -0.2) is 33.4 Å². The van der Waals surface area contributed by atoms with Crippen molar-refractivity contribution >= 4 is 16.8 Å². The highest BCUT2D eigenvalue weighted by molar-refractivity contribution is 6.04. The molecule has 0 aliphatic heterocycles. The molecule has 0 radical (unpaired) electrons. The summed E-state index contributed by atoms with van der Waals surface area (Å²) in [6, 6.07) is 7.36. The van der Waals surface area contributed by atoms with Crippen molar-refractivity contribution in [1.29, 1.82) is 0 Å². The summed E-state index contributed by atoms with van der Waals surface area (Å²) in [5.41, 5.74) is 1.32. The lowest BCUT2D eigenvalue weighted by atomic mass is 10.2. The lowest BCUT2D eigenvalue weighted by Gasteiger charge is -2.12. The second-order valence-electron chi connectivity index (χ2n) is 4.25. The highest BCUT2D eigenvalue weighted by Crippen LogP contribution is 2.17. The molecule has 0 spiro atoms. The second-order valence-corrected chi connectivity index (χ2v) is 4.25. The SMILES string of the molecule is CCC(CO)NC(=O)c1nn(C)c2ccccc12. The lowest BCUT2D eigenvalue weighted by Crippen LogP contribution is -2.37. The number of rotatable bonds is 4. The number of nitrogens with zero attached hydrogens (tertiary/aromatic N) is 2. The number of aliphatic hydroxyl groups is 1. The predicted molar refractivity (Wildman–Crippen MR) is 69.3 cm³/mol. The Morgan fingerprint density at radius 1 is 1.50 bits per heavy atom. The Kier molecular flexibility index (Phi) is 3.62. The maximum Gasteiger partial charge on any atom is 0.272 e. The van der Waals surface area contributed by atoms with E-state index in [0.717, 1.165) is 10.9 Å². The fraction of sp³-hybridized carbons (Fsp3) is 0.385. The minimum absolute atomic E-state index is 0.0625. The minimum Gasteiger partial charge on any atom is -0.394 e. The third-order valence-electron chi connectivity index (χ3n) is 3.02. The van der Waals surface area contributed by atoms with E-state index in [1.165, 1.54) is 0 Å². The van der Waals surface area contributed by atoms with Gasteiger partial charge in [-0.3, -0.25) is 9.48 Å². The van der Waals surface area contributed by atoms with Gasteiger partial charge in [-0.15, -0.1) is 0 Å². The maximum atomic E-state index is 12.1. The molecule has 0 saturated carbocycles. The van der Waals surface area contributed by atoms with Crippen molar-refractivity contribution < 1.29 is 9.90 Å². The highest BCUT2D eigenvalue weighted by atomic mass is 16.3. The number of carbonyl (C=O) groups is 1. The molecule has 0 bridgehead atoms. The monoisotopic (exact) mass is 247 g/mol. The standard InChI is InChI=1S/C13H17N3O2/c1-3-9(8-17)14-13(18)12-10-6-4-5-7-11(10)16(2)15-12/h4-7,9,17H,3,8H2,1-2H3,(H,14,18). The number of amides is 1. The zero-order valence-corrected chi connectivity index (χ0v) is 10.6. The van der Waals surface area contributed by atoms with Crippen LogP contribution in [0.3, 0.4) is 0 Å². The minimum atomic E-state index is -0.243. The molecule has 5 heteroatoms. The fourth-order valence-electron chi connectivity index (χ4n) is 1.91. The van der Waals surface area contributed by atoms with Crippen LogP contribution in [-0.2, 0) is 7.05 Å². The number of fused-ring (bicyclic) bond motifs is 1. The Bertz CT molecular complexity index is 558. The van der Waals surface area contributed by atoms with Gasteiger partial charge in [0.15, 0.2) is 5.69 Å². The summed E-state index contributed by atoms with van der Waals surface area (Å²) in [4.78, 5) is 12.1. The largest absolute Gasteiger partial charge is 0.394 e. The number of aliphatic hydroxyl groups excluding tert-OH is 1. The molecular formula is C13H17N3O2. The van der Waals surface area contributed by atoms with Crippen molar-refractivity contribution in [2.45, 2.75) is 19.4 Å². The second kappa shape index (κ2) is 5.18. The molecule has 96 valence electrons. The van der Waals surface area contributed by atoms with E-state index in [0.29, 0.717) is 12.1 Å². The van der Waals surface area contributed by atoms with Crippen molar-refractivity contribution in [2.24, 2.45) is 7.05 Å². The number of benzene rings is 1. The quantitative estimate of drug-likeness (QED) is 0.849. The van der Waals surface area contributed by atoms with Gasteiger partial charge in [-0.2, -0.15) is 5.10 Å². The van der Waals surface area contributed by atoms with E-state index < -0.39 is 0 Å². The fourth-order valence-corrected chi connectivity index (χ4v) is 1.91. The zero-order chi connectivity index (χ0) is 13.1. The Morgan fingerprint density at radius 3 is 2.89 bits per heavy atom. The molecule has 1 heterocycles. The Labute approximate surface area is 105 Å². The number of para-hydroxylation sites is 1. The van der Waals surface area contributed by atoms with Crippen LogP contribution < -0.4 is 5.32 Å². The molecule has 1 amide bonds. The third-order valence-corrected chi connectivity index (χ3v) is 3.02. The van der Waals surface area contributed by atoms with Gasteiger partial charge in [0.1, 0.15) is 0 Å². The number of hydrogen-bond donors (Lipinski definition) is 2. The number of nitrogens with one attached hydrogen (secondary N) is 1. The third kappa shape index (κ3) is 2.22. The van der Waals surface area contributed by atoms with Crippen molar-refractivity contribution in [3.63, 3.8) is 0 Å². The van der Waals surface area contributed by atoms with Crippen molar-refractivity contribution in [3.05, 3.63) is 30.0 Å². The van der Waals surface area contributed by atoms with E-state index in [-0.39, 0.29) is 18.6 Å². The maximum absolute atomic E-state index is 12.1. The molecule has 2 rings (SSSR count). The first-order chi connectivity index (χ1) is 8.67. The average Bonchev–Trinajstić information content (AvgIpc) is 2.74. The molecular weight excluding hydrogens is 230 g/mol. The number of aromatic nitrogens is 2. The predicted octanol–water partition coefficient (Wildman–Crippen LogP) is 1.07. The first kappa shape index (κ1) is 12.6. The molecule has 2 aromatic rings. The van der Waals surface area contributed by atoms with Crippen molar-refractivity contribution in [2.75, 3.05) is 6.61 Å². The van der Waals surface area contributed by atoms with Gasteiger partial charge in [-0.25, -0.2) is 0 Å². The van der Waals surface area contributed by atoms with E-state index >= 15 is 0 Å². The Hall–Kier alpha value is -1.88. The van der Waals surface area contributed by atoms with Gasteiger partial charge in [0.25, 0.3) is 5.91 Å². The summed E-state index contributed by atoms with van der Waals surface area (Å²) in [6.45, 7) is 1.85. The van der Waals surface area contributed by atoms with Crippen LogP contribution >= 0.6 is 0 Å². The van der Waals surface area contributed by atoms with Crippen LogP contribution in [0.4, 0.5) is 0 Å². The highest BCUT2D eigenvalue weighted by Gasteiger charge is 2.17. The smallest absolute Gasteiger partial charge is 0.272 e. The average molecular weight is 247 g/mol. The van der Waals surface area contributed by atoms with Crippen molar-refractivity contribution in [1.82, 2.24) is 15.1 Å². The molecule has 2 N–H and O–H groups in total. The van der Waals surface area contributed by atoms with E-state index in [1.807, 2.05) is 38.2 Å². The molecule has 18 heavy (non-hydrogen) atoms. The number of hydrogen-bond acceptors (Lipinski definition) is 3. The van der Waals surface area contributed by atoms with Crippen LogP contribution in [0.15, 0.2) is 24.3 Å². The molecule has 0 saturated heterocycles. The van der Waals surface area contributed by atoms with Gasteiger partial charge in [0, 0.05) is 12.4 Å². The van der Waals surface area contributed by atoms with Gasteiger partial charge >= 0.3 is 0 Å². The molecule has 1 aromatic heterocycles. The van der Waals surface area contributed by atoms with E-state index in [4.69, 9.17) is 5.11 Å². The number of aryl methyl sites for hydroxylation is 1. The molecule has 1 unspecified atom stereocenters. The zero-order valence-electron chi connectivity index (χ0n) is 10.6. The van der Waals surface area contributed by atoms with Crippen LogP contribution in [0.2, 0.25) is 0 Å². The summed E-state index contributed by atoms with van der Waals surface area (Å²) in [5, 5.41) is 16.9. The van der Waals surface area contributed by atoms with E-state index in [9.17, 15) is 4.79 Å². The summed E-state index contributed by atoms with van der Waals surface area (Å²) in [5.74, 6) is -0.243. The van der Waals surface area contributed by atoms with Gasteiger partial charge in [0.2, 0.25) is 0 Å². The van der Waals surface area contributed by atoms with Crippen LogP contribution in [0.5, 0.6) is 0 Å². The Morgan fingerprint density at radius 2 is 2.22 bits per heavy atom. The molecule has 1 atom stereocenters. The first-order valence-electron chi connectivity index (χ1n) is 6.00. The van der Waals surface area contributed by atoms with Gasteiger partial charge < -0.3 is 10.4 Å². The van der Waals surface area contributed by atoms with Crippen LogP contribution in [0.25, 0.3) is 10.9 Å². The topological polar surface area (TPSA) is 67.2 Å².